The number of aromatic nitrogens is 1. The van der Waals surface area contributed by atoms with Crippen molar-refractivity contribution < 1.29 is 24.2 Å². The number of carbonyl (C=O) groups excluding carboxylic acids is 3. The number of aliphatic hydroxyl groups is 1. The first-order valence-electron chi connectivity index (χ1n) is 12.0. The predicted molar refractivity (Wildman–Crippen MR) is 135 cm³/mol. The van der Waals surface area contributed by atoms with Crippen molar-refractivity contribution in [2.45, 2.75) is 92.8 Å². The first kappa shape index (κ1) is 28.1. The summed E-state index contributed by atoms with van der Waals surface area (Å²) in [5.41, 5.74) is 1.45. The summed E-state index contributed by atoms with van der Waals surface area (Å²) >= 11 is 1.55. The van der Waals surface area contributed by atoms with Crippen LogP contribution < -0.4 is 0 Å². The van der Waals surface area contributed by atoms with Crippen LogP contribution in [-0.4, -0.2) is 39.8 Å². The van der Waals surface area contributed by atoms with Gasteiger partial charge >= 0.3 is 5.97 Å². The van der Waals surface area contributed by atoms with Gasteiger partial charge in [-0.15, -0.1) is 11.3 Å². The van der Waals surface area contributed by atoms with Gasteiger partial charge in [0.25, 0.3) is 0 Å². The molecule has 1 aliphatic rings. The lowest BCUT2D eigenvalue weighted by atomic mass is 9.73. The Morgan fingerprint density at radius 3 is 2.53 bits per heavy atom. The molecule has 0 aromatic carbocycles. The molecule has 0 saturated heterocycles. The van der Waals surface area contributed by atoms with E-state index in [0.29, 0.717) is 6.42 Å². The van der Waals surface area contributed by atoms with Gasteiger partial charge in [-0.1, -0.05) is 25.5 Å². The van der Waals surface area contributed by atoms with Crippen LogP contribution in [0.15, 0.2) is 22.6 Å². The van der Waals surface area contributed by atoms with Crippen molar-refractivity contribution >= 4 is 34.9 Å². The monoisotopic (exact) mass is 489 g/mol. The molecule has 0 radical (unpaired) electrons. The van der Waals surface area contributed by atoms with Crippen LogP contribution in [-0.2, 0) is 19.1 Å². The van der Waals surface area contributed by atoms with Crippen LogP contribution in [0, 0.1) is 24.2 Å². The van der Waals surface area contributed by atoms with Crippen LogP contribution in [0.2, 0.25) is 0 Å². The van der Waals surface area contributed by atoms with E-state index >= 15 is 0 Å². The van der Waals surface area contributed by atoms with Crippen molar-refractivity contribution in [1.29, 1.82) is 0 Å². The van der Waals surface area contributed by atoms with Crippen molar-refractivity contribution in [2.24, 2.45) is 17.3 Å². The third kappa shape index (κ3) is 7.44. The highest BCUT2D eigenvalue weighted by Crippen LogP contribution is 2.30. The molecule has 0 aliphatic carbocycles. The molecule has 2 heterocycles. The zero-order valence-corrected chi connectivity index (χ0v) is 22.3. The number of thiazole rings is 1. The SMILES string of the molecule is C/C1=C/C[C@@H](/C(C)=C/c2csc(C)n2)OC(=O)CC(=O)C(C)(C)C(=O)[C@H](C)[C@@H](O)[C@@H](C)CCC1. The lowest BCUT2D eigenvalue weighted by Crippen LogP contribution is -2.43. The van der Waals surface area contributed by atoms with Gasteiger partial charge in [0, 0.05) is 17.7 Å². The number of carbonyl (C=O) groups is 3. The van der Waals surface area contributed by atoms with Crippen molar-refractivity contribution in [2.75, 3.05) is 0 Å². The van der Waals surface area contributed by atoms with Crippen molar-refractivity contribution in [3.8, 4) is 0 Å². The molecule has 34 heavy (non-hydrogen) atoms. The summed E-state index contributed by atoms with van der Waals surface area (Å²) in [6.45, 7) is 12.5. The Labute approximate surface area is 207 Å². The molecule has 2 rings (SSSR count). The van der Waals surface area contributed by atoms with Gasteiger partial charge < -0.3 is 9.84 Å². The second-order valence-corrected chi connectivity index (χ2v) is 11.2. The molecule has 6 nitrogen and oxygen atoms in total. The molecule has 0 amide bonds. The minimum Gasteiger partial charge on any atom is -0.457 e. The Balaban J connectivity index is 2.34. The Morgan fingerprint density at radius 1 is 1.24 bits per heavy atom. The second kappa shape index (κ2) is 12.0. The molecule has 1 aromatic rings. The number of ketones is 2. The Kier molecular flexibility index (Phi) is 9.95. The van der Waals surface area contributed by atoms with E-state index < -0.39 is 41.7 Å². The maximum absolute atomic E-state index is 13.1. The van der Waals surface area contributed by atoms with Crippen LogP contribution in [0.5, 0.6) is 0 Å². The Bertz CT molecular complexity index is 958. The third-order valence-electron chi connectivity index (χ3n) is 6.83. The molecule has 1 N–H and O–H groups in total. The van der Waals surface area contributed by atoms with E-state index in [1.165, 1.54) is 19.4 Å². The molecule has 0 saturated carbocycles. The van der Waals surface area contributed by atoms with Gasteiger partial charge in [0.1, 0.15) is 12.5 Å². The molecule has 0 fully saturated rings. The minimum atomic E-state index is -1.38. The van der Waals surface area contributed by atoms with Gasteiger partial charge in [0.15, 0.2) is 11.6 Å². The normalized spacial score (nSPS) is 29.9. The average Bonchev–Trinajstić information content (AvgIpc) is 3.18. The summed E-state index contributed by atoms with van der Waals surface area (Å²) in [6, 6.07) is 0. The van der Waals surface area contributed by atoms with Crippen molar-refractivity contribution in [3.63, 3.8) is 0 Å². The highest BCUT2D eigenvalue weighted by atomic mass is 32.1. The number of aliphatic hydroxyl groups excluding tert-OH is 1. The average molecular weight is 490 g/mol. The van der Waals surface area contributed by atoms with Gasteiger partial charge in [-0.3, -0.25) is 14.4 Å². The Hall–Kier alpha value is -2.12. The predicted octanol–water partition coefficient (Wildman–Crippen LogP) is 5.47. The van der Waals surface area contributed by atoms with E-state index in [4.69, 9.17) is 4.74 Å². The molecular formula is C27H39NO5S. The summed E-state index contributed by atoms with van der Waals surface area (Å²) < 4.78 is 5.75. The van der Waals surface area contributed by atoms with E-state index in [-0.39, 0.29) is 11.7 Å². The first-order valence-corrected chi connectivity index (χ1v) is 12.9. The van der Waals surface area contributed by atoms with Gasteiger partial charge in [-0.2, -0.15) is 0 Å². The van der Waals surface area contributed by atoms with Crippen LogP contribution in [0.1, 0.15) is 84.3 Å². The number of hydrogen-bond donors (Lipinski definition) is 1. The zero-order valence-electron chi connectivity index (χ0n) is 21.5. The molecule has 4 atom stereocenters. The van der Waals surface area contributed by atoms with E-state index in [1.54, 1.807) is 18.3 Å². The number of Topliss-reactive ketones (excluding diaryl/α,β-unsaturated/α-hetero) is 2. The van der Waals surface area contributed by atoms with Crippen LogP contribution in [0.3, 0.4) is 0 Å². The number of allylic oxidation sites excluding steroid dienone is 1. The lowest BCUT2D eigenvalue weighted by Gasteiger charge is -2.30. The lowest BCUT2D eigenvalue weighted by molar-refractivity contribution is -0.152. The summed E-state index contributed by atoms with van der Waals surface area (Å²) in [7, 11) is 0. The molecule has 1 aromatic heterocycles. The molecular weight excluding hydrogens is 450 g/mol. The number of esters is 1. The van der Waals surface area contributed by atoms with Crippen molar-refractivity contribution in [1.82, 2.24) is 4.98 Å². The topological polar surface area (TPSA) is 93.6 Å². The van der Waals surface area contributed by atoms with Gasteiger partial charge in [-0.05, 0) is 71.4 Å². The van der Waals surface area contributed by atoms with E-state index in [2.05, 4.69) is 11.1 Å². The first-order chi connectivity index (χ1) is 15.8. The minimum absolute atomic E-state index is 0.0741. The Morgan fingerprint density at radius 2 is 1.91 bits per heavy atom. The summed E-state index contributed by atoms with van der Waals surface area (Å²) in [4.78, 5) is 43.3. The molecule has 0 spiro atoms. The summed E-state index contributed by atoms with van der Waals surface area (Å²) in [5.74, 6) is -2.27. The summed E-state index contributed by atoms with van der Waals surface area (Å²) in [6.07, 6.45) is 5.14. The largest absolute Gasteiger partial charge is 0.457 e. The second-order valence-electron chi connectivity index (χ2n) is 10.2. The standard InChI is InChI=1S/C27H39NO5S/c1-16-9-8-10-17(2)25(31)19(4)26(32)27(6,7)23(29)14-24(30)33-22(12-11-16)18(3)13-21-15-34-20(5)28-21/h11,13,15,17,19,22,25,31H,8-10,12,14H2,1-7H3/b16-11-,18-13+/t17-,19+,22-,25-/m0/s1. The smallest absolute Gasteiger partial charge is 0.313 e. The van der Waals surface area contributed by atoms with E-state index in [9.17, 15) is 19.5 Å². The number of nitrogens with zero attached hydrogens (tertiary/aromatic N) is 1. The highest BCUT2D eigenvalue weighted by Gasteiger charge is 2.42. The fourth-order valence-electron chi connectivity index (χ4n) is 4.29. The summed E-state index contributed by atoms with van der Waals surface area (Å²) in [5, 5.41) is 13.6. The number of aryl methyl sites for hydroxylation is 1. The van der Waals surface area contributed by atoms with Crippen LogP contribution >= 0.6 is 11.3 Å². The fourth-order valence-corrected chi connectivity index (χ4v) is 4.86. The number of hydrogen-bond acceptors (Lipinski definition) is 7. The molecule has 188 valence electrons. The molecule has 0 unspecified atom stereocenters. The fraction of sp³-hybridized carbons (Fsp3) is 0.630. The van der Waals surface area contributed by atoms with Crippen LogP contribution in [0.25, 0.3) is 6.08 Å². The van der Waals surface area contributed by atoms with Crippen LogP contribution in [0.4, 0.5) is 0 Å². The number of rotatable bonds is 2. The van der Waals surface area contributed by atoms with Gasteiger partial charge in [0.05, 0.1) is 22.2 Å². The maximum Gasteiger partial charge on any atom is 0.313 e. The maximum atomic E-state index is 13.1. The number of ether oxygens (including phenoxy) is 1. The number of cyclic esters (lactones) is 1. The molecule has 7 heteroatoms. The zero-order chi connectivity index (χ0) is 25.6. The highest BCUT2D eigenvalue weighted by molar-refractivity contribution is 7.09. The quantitative estimate of drug-likeness (QED) is 0.336. The van der Waals surface area contributed by atoms with E-state index in [0.717, 1.165) is 35.5 Å². The van der Waals surface area contributed by atoms with Gasteiger partial charge in [-0.25, -0.2) is 4.98 Å². The van der Waals surface area contributed by atoms with Crippen molar-refractivity contribution in [3.05, 3.63) is 33.3 Å². The molecule has 0 bridgehead atoms. The molecule has 1 aliphatic heterocycles. The third-order valence-corrected chi connectivity index (χ3v) is 7.62. The van der Waals surface area contributed by atoms with E-state index in [1.807, 2.05) is 39.2 Å². The van der Waals surface area contributed by atoms with Gasteiger partial charge in [0.2, 0.25) is 0 Å².